The number of carboxylic acid groups (broad SMARTS) is 1. The van der Waals surface area contributed by atoms with Crippen LogP contribution in [0.5, 0.6) is 0 Å². The third kappa shape index (κ3) is 4.42. The highest BCUT2D eigenvalue weighted by atomic mass is 16.5. The normalized spacial score (nSPS) is 15.6. The molecule has 2 rings (SSSR count). The number of rotatable bonds is 6. The number of hydrogen-bond acceptors (Lipinski definition) is 5. The zero-order chi connectivity index (χ0) is 18.6. The highest BCUT2D eigenvalue weighted by molar-refractivity contribution is 6.40. The number of carbonyl (C=O) groups excluding carboxylic acids is 2. The molecule has 25 heavy (non-hydrogen) atoms. The van der Waals surface area contributed by atoms with Crippen LogP contribution in [-0.2, 0) is 19.1 Å². The first-order valence-electron chi connectivity index (χ1n) is 7.83. The maximum absolute atomic E-state index is 12.3. The smallest absolute Gasteiger partial charge is 0.328 e. The van der Waals surface area contributed by atoms with E-state index in [2.05, 4.69) is 10.4 Å². The topological polar surface area (TPSA) is 108 Å². The SMILES string of the molecule is COCC(NC(=O)C1=NN(c2cc(C)ccc2C)C(=O)CC1)C(=O)O. The summed E-state index contributed by atoms with van der Waals surface area (Å²) in [6, 6.07) is 4.45. The molecular formula is C17H21N3O5. The van der Waals surface area contributed by atoms with E-state index in [4.69, 9.17) is 9.84 Å². The van der Waals surface area contributed by atoms with Crippen molar-refractivity contribution in [3.05, 3.63) is 29.3 Å². The largest absolute Gasteiger partial charge is 0.480 e. The van der Waals surface area contributed by atoms with Crippen LogP contribution in [0, 0.1) is 13.8 Å². The van der Waals surface area contributed by atoms with Crippen molar-refractivity contribution in [3.8, 4) is 0 Å². The lowest BCUT2D eigenvalue weighted by Crippen LogP contribution is -2.48. The standard InChI is InChI=1S/C17H21N3O5/c1-10-4-5-11(2)14(8-10)20-15(21)7-6-12(19-20)16(22)18-13(9-25-3)17(23)24/h4-5,8,13H,6-7,9H2,1-3H3,(H,18,22)(H,23,24). The first-order chi connectivity index (χ1) is 11.8. The Kier molecular flexibility index (Phi) is 5.87. The van der Waals surface area contributed by atoms with Crippen molar-refractivity contribution in [1.82, 2.24) is 5.32 Å². The van der Waals surface area contributed by atoms with Crippen LogP contribution in [0.2, 0.25) is 0 Å². The van der Waals surface area contributed by atoms with Crippen LogP contribution in [0.1, 0.15) is 24.0 Å². The van der Waals surface area contributed by atoms with Gasteiger partial charge in [0.05, 0.1) is 12.3 Å². The number of anilines is 1. The van der Waals surface area contributed by atoms with Gasteiger partial charge in [-0.05, 0) is 31.0 Å². The van der Waals surface area contributed by atoms with Crippen molar-refractivity contribution in [2.75, 3.05) is 18.7 Å². The van der Waals surface area contributed by atoms with Crippen molar-refractivity contribution in [2.45, 2.75) is 32.7 Å². The Morgan fingerprint density at radius 2 is 2.08 bits per heavy atom. The molecule has 0 saturated carbocycles. The number of methoxy groups -OCH3 is 1. The number of nitrogens with one attached hydrogen (secondary N) is 1. The summed E-state index contributed by atoms with van der Waals surface area (Å²) in [6.45, 7) is 3.59. The van der Waals surface area contributed by atoms with Crippen LogP contribution in [0.15, 0.2) is 23.3 Å². The molecule has 1 unspecified atom stereocenters. The number of nitrogens with zero attached hydrogens (tertiary/aromatic N) is 2. The number of hydrazone groups is 1. The zero-order valence-corrected chi connectivity index (χ0v) is 14.4. The molecule has 1 aliphatic heterocycles. The van der Waals surface area contributed by atoms with Gasteiger partial charge in [-0.3, -0.25) is 9.59 Å². The molecule has 1 aromatic rings. The van der Waals surface area contributed by atoms with Gasteiger partial charge in [0.2, 0.25) is 5.91 Å². The summed E-state index contributed by atoms with van der Waals surface area (Å²) in [5.41, 5.74) is 2.54. The van der Waals surface area contributed by atoms with Gasteiger partial charge in [-0.2, -0.15) is 5.10 Å². The molecule has 1 aromatic carbocycles. The monoisotopic (exact) mass is 347 g/mol. The predicted molar refractivity (Wildman–Crippen MR) is 91.5 cm³/mol. The average Bonchev–Trinajstić information content (AvgIpc) is 2.57. The summed E-state index contributed by atoms with van der Waals surface area (Å²) in [6.07, 6.45) is 0.285. The van der Waals surface area contributed by atoms with E-state index in [0.717, 1.165) is 11.1 Å². The Hall–Kier alpha value is -2.74. The van der Waals surface area contributed by atoms with Crippen molar-refractivity contribution in [3.63, 3.8) is 0 Å². The van der Waals surface area contributed by atoms with Gasteiger partial charge in [0.15, 0.2) is 6.04 Å². The third-order valence-corrected chi connectivity index (χ3v) is 3.82. The van der Waals surface area contributed by atoms with E-state index in [-0.39, 0.29) is 31.1 Å². The predicted octanol–water partition coefficient (Wildman–Crippen LogP) is 1.00. The Morgan fingerprint density at radius 1 is 1.36 bits per heavy atom. The van der Waals surface area contributed by atoms with Gasteiger partial charge in [-0.15, -0.1) is 0 Å². The van der Waals surface area contributed by atoms with E-state index in [0.29, 0.717) is 5.69 Å². The Balaban J connectivity index is 2.26. The molecule has 2 amide bonds. The van der Waals surface area contributed by atoms with Crippen molar-refractivity contribution in [2.24, 2.45) is 5.10 Å². The van der Waals surface area contributed by atoms with Crippen LogP contribution in [0.4, 0.5) is 5.69 Å². The molecule has 2 N–H and O–H groups in total. The quantitative estimate of drug-likeness (QED) is 0.798. The first-order valence-corrected chi connectivity index (χ1v) is 7.83. The van der Waals surface area contributed by atoms with Crippen LogP contribution in [-0.4, -0.2) is 48.4 Å². The molecule has 1 atom stereocenters. The fraction of sp³-hybridized carbons (Fsp3) is 0.412. The number of carbonyl (C=O) groups is 3. The molecular weight excluding hydrogens is 326 g/mol. The third-order valence-electron chi connectivity index (χ3n) is 3.82. The van der Waals surface area contributed by atoms with Crippen molar-refractivity contribution in [1.29, 1.82) is 0 Å². The fourth-order valence-corrected chi connectivity index (χ4v) is 2.44. The van der Waals surface area contributed by atoms with Gasteiger partial charge in [-0.1, -0.05) is 12.1 Å². The minimum absolute atomic E-state index is 0.114. The second kappa shape index (κ2) is 7.89. The van der Waals surface area contributed by atoms with Gasteiger partial charge in [0.25, 0.3) is 5.91 Å². The summed E-state index contributed by atoms with van der Waals surface area (Å²) >= 11 is 0. The summed E-state index contributed by atoms with van der Waals surface area (Å²) in [7, 11) is 1.35. The fourth-order valence-electron chi connectivity index (χ4n) is 2.44. The summed E-state index contributed by atoms with van der Waals surface area (Å²) in [5.74, 6) is -2.03. The van der Waals surface area contributed by atoms with Crippen LogP contribution in [0.25, 0.3) is 0 Å². The van der Waals surface area contributed by atoms with Gasteiger partial charge in [-0.25, -0.2) is 9.80 Å². The molecule has 134 valence electrons. The van der Waals surface area contributed by atoms with Gasteiger partial charge in [0.1, 0.15) is 5.71 Å². The average molecular weight is 347 g/mol. The van der Waals surface area contributed by atoms with Crippen molar-refractivity contribution >= 4 is 29.2 Å². The minimum atomic E-state index is -1.20. The van der Waals surface area contributed by atoms with E-state index in [9.17, 15) is 14.4 Å². The number of ether oxygens (including phenoxy) is 1. The lowest BCUT2D eigenvalue weighted by Gasteiger charge is -2.25. The maximum atomic E-state index is 12.3. The summed E-state index contributed by atoms with van der Waals surface area (Å²) in [4.78, 5) is 35.7. The number of aliphatic carboxylic acids is 1. The Labute approximate surface area is 145 Å². The highest BCUT2D eigenvalue weighted by Gasteiger charge is 2.29. The maximum Gasteiger partial charge on any atom is 0.328 e. The molecule has 1 aliphatic rings. The Bertz CT molecular complexity index is 729. The number of aryl methyl sites for hydroxylation is 2. The van der Waals surface area contributed by atoms with E-state index in [1.165, 1.54) is 12.1 Å². The molecule has 0 fully saturated rings. The van der Waals surface area contributed by atoms with E-state index in [1.807, 2.05) is 32.0 Å². The van der Waals surface area contributed by atoms with Crippen LogP contribution >= 0.6 is 0 Å². The van der Waals surface area contributed by atoms with Gasteiger partial charge < -0.3 is 15.2 Å². The van der Waals surface area contributed by atoms with Gasteiger partial charge in [0, 0.05) is 20.0 Å². The first kappa shape index (κ1) is 18.6. The molecule has 0 saturated heterocycles. The van der Waals surface area contributed by atoms with Crippen LogP contribution in [0.3, 0.4) is 0 Å². The molecule has 8 heteroatoms. The number of carboxylic acids is 1. The number of amides is 2. The number of benzene rings is 1. The van der Waals surface area contributed by atoms with E-state index < -0.39 is 17.9 Å². The van der Waals surface area contributed by atoms with Crippen molar-refractivity contribution < 1.29 is 24.2 Å². The van der Waals surface area contributed by atoms with Crippen LogP contribution < -0.4 is 10.3 Å². The van der Waals surface area contributed by atoms with E-state index >= 15 is 0 Å². The molecule has 0 aliphatic carbocycles. The molecule has 0 spiro atoms. The molecule has 8 nitrogen and oxygen atoms in total. The molecule has 0 bridgehead atoms. The van der Waals surface area contributed by atoms with E-state index in [1.54, 1.807) is 0 Å². The lowest BCUT2D eigenvalue weighted by molar-refractivity contribution is -0.142. The Morgan fingerprint density at radius 3 is 2.72 bits per heavy atom. The zero-order valence-electron chi connectivity index (χ0n) is 14.4. The highest BCUT2D eigenvalue weighted by Crippen LogP contribution is 2.25. The number of hydrogen-bond donors (Lipinski definition) is 2. The second-order valence-electron chi connectivity index (χ2n) is 5.86. The lowest BCUT2D eigenvalue weighted by atomic mass is 10.1. The second-order valence-corrected chi connectivity index (χ2v) is 5.86. The molecule has 0 radical (unpaired) electrons. The molecule has 1 heterocycles. The van der Waals surface area contributed by atoms with Gasteiger partial charge >= 0.3 is 5.97 Å². The minimum Gasteiger partial charge on any atom is -0.480 e. The molecule has 0 aromatic heterocycles. The summed E-state index contributed by atoms with van der Waals surface area (Å²) < 4.78 is 4.79. The summed E-state index contributed by atoms with van der Waals surface area (Å²) in [5, 5.41) is 16.8.